The van der Waals surface area contributed by atoms with Crippen molar-refractivity contribution in [3.8, 4) is 0 Å². The van der Waals surface area contributed by atoms with Gasteiger partial charge in [0.1, 0.15) is 0 Å². The van der Waals surface area contributed by atoms with E-state index in [1.165, 1.54) is 6.26 Å². The van der Waals surface area contributed by atoms with Crippen LogP contribution in [0.5, 0.6) is 0 Å². The fourth-order valence-corrected chi connectivity index (χ4v) is 2.91. The van der Waals surface area contributed by atoms with Crippen LogP contribution in [0, 0.1) is 5.92 Å². The molecular weight excluding hydrogens is 288 g/mol. The molecular formula is C15H30N2O3S. The molecule has 1 aliphatic rings. The van der Waals surface area contributed by atoms with E-state index in [-0.39, 0.29) is 18.6 Å². The van der Waals surface area contributed by atoms with E-state index in [1.54, 1.807) is 13.8 Å². The zero-order chi connectivity index (χ0) is 16.3. The first kappa shape index (κ1) is 18.3. The average Bonchev–Trinajstić information content (AvgIpc) is 2.34. The second-order valence-electron chi connectivity index (χ2n) is 7.16. The predicted octanol–water partition coefficient (Wildman–Crippen LogP) is 2.42. The predicted molar refractivity (Wildman–Crippen MR) is 86.1 cm³/mol. The molecule has 1 rings (SSSR count). The van der Waals surface area contributed by atoms with Crippen LogP contribution in [0.4, 0.5) is 4.79 Å². The van der Waals surface area contributed by atoms with Crippen molar-refractivity contribution in [1.29, 1.82) is 0 Å². The van der Waals surface area contributed by atoms with Crippen LogP contribution >= 0.6 is 0 Å². The first-order valence-electron chi connectivity index (χ1n) is 7.78. The molecule has 0 aliphatic carbocycles. The van der Waals surface area contributed by atoms with E-state index in [0.29, 0.717) is 5.92 Å². The summed E-state index contributed by atoms with van der Waals surface area (Å²) in [5, 5.41) is 2.81. The normalized spacial score (nSPS) is 20.7. The zero-order valence-corrected chi connectivity index (χ0v) is 14.8. The largest absolute Gasteiger partial charge is 0.336 e. The number of hydrogen-bond acceptors (Lipinski definition) is 3. The number of nitrogens with zero attached hydrogens (tertiary/aromatic N) is 1. The minimum absolute atomic E-state index is 0.128. The van der Waals surface area contributed by atoms with Crippen molar-refractivity contribution in [1.82, 2.24) is 10.2 Å². The molecule has 1 N–H and O–H groups in total. The van der Waals surface area contributed by atoms with Crippen LogP contribution in [0.2, 0.25) is 0 Å². The number of urea groups is 1. The van der Waals surface area contributed by atoms with Gasteiger partial charge in [0.2, 0.25) is 0 Å². The Labute approximate surface area is 129 Å². The Morgan fingerprint density at radius 3 is 2.48 bits per heavy atom. The molecule has 6 heteroatoms. The van der Waals surface area contributed by atoms with Crippen molar-refractivity contribution in [3.63, 3.8) is 0 Å². The molecule has 0 bridgehead atoms. The Hall–Kier alpha value is -0.780. The van der Waals surface area contributed by atoms with Gasteiger partial charge in [0.15, 0.2) is 9.84 Å². The molecule has 1 heterocycles. The van der Waals surface area contributed by atoms with E-state index in [9.17, 15) is 13.2 Å². The monoisotopic (exact) mass is 318 g/mol. The van der Waals surface area contributed by atoms with Crippen molar-refractivity contribution in [2.75, 3.05) is 19.3 Å². The summed E-state index contributed by atoms with van der Waals surface area (Å²) in [5.41, 5.74) is 0. The summed E-state index contributed by atoms with van der Waals surface area (Å²) in [4.78, 5) is 14.3. The standard InChI is InChI=1S/C15H30N2O3S/c1-12(2)10-13-8-6-7-9-17(13)14(18)16-11-15(3,4)21(5,19)20/h12-13H,6-11H2,1-5H3,(H,16,18)/t13-/m1/s1. The SMILES string of the molecule is CC(C)C[C@H]1CCCCN1C(=O)NCC(C)(C)S(C)(=O)=O. The van der Waals surface area contributed by atoms with E-state index >= 15 is 0 Å². The fourth-order valence-electron chi connectivity index (χ4n) is 2.58. The zero-order valence-electron chi connectivity index (χ0n) is 14.0. The lowest BCUT2D eigenvalue weighted by Gasteiger charge is -2.37. The minimum atomic E-state index is -3.19. The van der Waals surface area contributed by atoms with Gasteiger partial charge < -0.3 is 10.2 Å². The van der Waals surface area contributed by atoms with Gasteiger partial charge in [-0.3, -0.25) is 0 Å². The molecule has 1 fully saturated rings. The summed E-state index contributed by atoms with van der Waals surface area (Å²) in [5.74, 6) is 0.552. The third-order valence-electron chi connectivity index (χ3n) is 4.30. The Kier molecular flexibility index (Phi) is 6.08. The number of likely N-dealkylation sites (tertiary alicyclic amines) is 1. The summed E-state index contributed by atoms with van der Waals surface area (Å²) in [6, 6.07) is 0.150. The smallest absolute Gasteiger partial charge is 0.317 e. The van der Waals surface area contributed by atoms with Gasteiger partial charge >= 0.3 is 6.03 Å². The molecule has 0 aromatic heterocycles. The highest BCUT2D eigenvalue weighted by Crippen LogP contribution is 2.23. The van der Waals surface area contributed by atoms with Crippen LogP contribution in [-0.4, -0.2) is 49.5 Å². The molecule has 0 saturated carbocycles. The molecule has 0 unspecified atom stereocenters. The molecule has 0 spiro atoms. The lowest BCUT2D eigenvalue weighted by molar-refractivity contribution is 0.139. The summed E-state index contributed by atoms with van der Waals surface area (Å²) in [7, 11) is -3.19. The number of carbonyl (C=O) groups is 1. The highest BCUT2D eigenvalue weighted by atomic mass is 32.2. The first-order valence-corrected chi connectivity index (χ1v) is 9.68. The Morgan fingerprint density at radius 1 is 1.33 bits per heavy atom. The van der Waals surface area contributed by atoms with Gasteiger partial charge in [-0.25, -0.2) is 13.2 Å². The van der Waals surface area contributed by atoms with E-state index in [2.05, 4.69) is 19.2 Å². The third-order valence-corrected chi connectivity index (χ3v) is 6.45. The van der Waals surface area contributed by atoms with E-state index in [0.717, 1.165) is 32.2 Å². The number of amides is 2. The van der Waals surface area contributed by atoms with Crippen molar-refractivity contribution >= 4 is 15.9 Å². The van der Waals surface area contributed by atoms with Gasteiger partial charge in [-0.15, -0.1) is 0 Å². The minimum Gasteiger partial charge on any atom is -0.336 e. The molecule has 1 aliphatic heterocycles. The number of hydrogen-bond donors (Lipinski definition) is 1. The first-order chi connectivity index (χ1) is 9.54. The third kappa shape index (κ3) is 5.16. The van der Waals surface area contributed by atoms with Crippen LogP contribution in [0.15, 0.2) is 0 Å². The molecule has 0 aromatic rings. The molecule has 0 radical (unpaired) electrons. The van der Waals surface area contributed by atoms with Crippen LogP contribution in [-0.2, 0) is 9.84 Å². The molecule has 21 heavy (non-hydrogen) atoms. The lowest BCUT2D eigenvalue weighted by Crippen LogP contribution is -2.52. The van der Waals surface area contributed by atoms with Crippen molar-refractivity contribution in [2.24, 2.45) is 5.92 Å². The van der Waals surface area contributed by atoms with Gasteiger partial charge in [0.05, 0.1) is 4.75 Å². The number of piperidine rings is 1. The second-order valence-corrected chi connectivity index (χ2v) is 9.81. The molecule has 0 aromatic carbocycles. The van der Waals surface area contributed by atoms with Gasteiger partial charge in [0.25, 0.3) is 0 Å². The maximum Gasteiger partial charge on any atom is 0.317 e. The van der Waals surface area contributed by atoms with Crippen molar-refractivity contribution in [3.05, 3.63) is 0 Å². The molecule has 2 amide bonds. The topological polar surface area (TPSA) is 66.5 Å². The van der Waals surface area contributed by atoms with Crippen LogP contribution in [0.3, 0.4) is 0 Å². The summed E-state index contributed by atoms with van der Waals surface area (Å²) >= 11 is 0. The van der Waals surface area contributed by atoms with Crippen LogP contribution in [0.1, 0.15) is 53.4 Å². The van der Waals surface area contributed by atoms with Gasteiger partial charge in [-0.1, -0.05) is 13.8 Å². The number of carbonyl (C=O) groups excluding carboxylic acids is 1. The summed E-state index contributed by atoms with van der Waals surface area (Å²) in [6.07, 6.45) is 5.44. The van der Waals surface area contributed by atoms with Crippen LogP contribution in [0.25, 0.3) is 0 Å². The molecule has 1 atom stereocenters. The number of sulfone groups is 1. The highest BCUT2D eigenvalue weighted by molar-refractivity contribution is 7.92. The summed E-state index contributed by atoms with van der Waals surface area (Å²) < 4.78 is 22.4. The number of nitrogens with one attached hydrogen (secondary N) is 1. The van der Waals surface area contributed by atoms with E-state index in [1.807, 2.05) is 4.90 Å². The quantitative estimate of drug-likeness (QED) is 0.846. The highest BCUT2D eigenvalue weighted by Gasteiger charge is 2.33. The fraction of sp³-hybridized carbons (Fsp3) is 0.933. The van der Waals surface area contributed by atoms with Gasteiger partial charge in [-0.05, 0) is 45.4 Å². The average molecular weight is 318 g/mol. The van der Waals surface area contributed by atoms with Gasteiger partial charge in [-0.2, -0.15) is 0 Å². The Morgan fingerprint density at radius 2 is 1.95 bits per heavy atom. The number of rotatable bonds is 5. The Bertz CT molecular complexity index is 458. The Balaban J connectivity index is 2.64. The maximum absolute atomic E-state index is 12.4. The van der Waals surface area contributed by atoms with E-state index < -0.39 is 14.6 Å². The maximum atomic E-state index is 12.4. The van der Waals surface area contributed by atoms with Crippen molar-refractivity contribution in [2.45, 2.75) is 64.2 Å². The second kappa shape index (κ2) is 6.99. The molecule has 124 valence electrons. The van der Waals surface area contributed by atoms with E-state index in [4.69, 9.17) is 0 Å². The van der Waals surface area contributed by atoms with Crippen LogP contribution < -0.4 is 5.32 Å². The summed E-state index contributed by atoms with van der Waals surface area (Å²) in [6.45, 7) is 8.53. The van der Waals surface area contributed by atoms with Gasteiger partial charge in [0, 0.05) is 25.4 Å². The molecule has 1 saturated heterocycles. The van der Waals surface area contributed by atoms with Crippen molar-refractivity contribution < 1.29 is 13.2 Å². The lowest BCUT2D eigenvalue weighted by atomic mass is 9.94. The molecule has 5 nitrogen and oxygen atoms in total.